The highest BCUT2D eigenvalue weighted by Crippen LogP contribution is 2.19. The van der Waals surface area contributed by atoms with Crippen molar-refractivity contribution in [2.45, 2.75) is 0 Å². The van der Waals surface area contributed by atoms with Gasteiger partial charge in [0.15, 0.2) is 5.17 Å². The number of nitrogens with zero attached hydrogens (tertiary/aromatic N) is 3. The normalized spacial score (nSPS) is 15.3. The molecule has 0 aliphatic carbocycles. The van der Waals surface area contributed by atoms with Gasteiger partial charge in [0.1, 0.15) is 6.67 Å². The first-order valence-corrected chi connectivity index (χ1v) is 6.05. The summed E-state index contributed by atoms with van der Waals surface area (Å²) in [7, 11) is 0. The molecule has 0 bridgehead atoms. The molecule has 0 radical (unpaired) electrons. The van der Waals surface area contributed by atoms with E-state index in [2.05, 4.69) is 9.98 Å². The van der Waals surface area contributed by atoms with Crippen LogP contribution in [0.25, 0.3) is 0 Å². The maximum atomic E-state index is 5.91. The molecule has 0 N–H and O–H groups in total. The number of amidine groups is 1. The van der Waals surface area contributed by atoms with E-state index in [0.717, 1.165) is 15.9 Å². The van der Waals surface area contributed by atoms with Crippen LogP contribution in [0.3, 0.4) is 0 Å². The maximum absolute atomic E-state index is 5.91. The average Bonchev–Trinajstić information content (AvgIpc) is 2.29. The second-order valence-corrected chi connectivity index (χ2v) is 4.19. The summed E-state index contributed by atoms with van der Waals surface area (Å²) in [6.45, 7) is 0.597. The average molecular weight is 240 g/mol. The van der Waals surface area contributed by atoms with Gasteiger partial charge in [-0.15, -0.1) is 0 Å². The first-order valence-electron chi connectivity index (χ1n) is 4.44. The SMILES string of the molecule is CSC1=NCN(c2cccc(Cl)c2)C=N1. The lowest BCUT2D eigenvalue weighted by Gasteiger charge is -2.20. The Labute approximate surface area is 97.9 Å². The number of aliphatic imine (C=N–C) groups is 2. The summed E-state index contributed by atoms with van der Waals surface area (Å²) in [5.41, 5.74) is 1.01. The summed E-state index contributed by atoms with van der Waals surface area (Å²) in [5.74, 6) is 0. The summed E-state index contributed by atoms with van der Waals surface area (Å²) in [6.07, 6.45) is 3.75. The van der Waals surface area contributed by atoms with Gasteiger partial charge in [0.2, 0.25) is 0 Å². The Balaban J connectivity index is 2.15. The molecule has 2 rings (SSSR count). The highest BCUT2D eigenvalue weighted by atomic mass is 35.5. The van der Waals surface area contributed by atoms with E-state index in [1.54, 1.807) is 18.1 Å². The van der Waals surface area contributed by atoms with E-state index in [-0.39, 0.29) is 0 Å². The van der Waals surface area contributed by atoms with Gasteiger partial charge in [-0.25, -0.2) is 9.98 Å². The fourth-order valence-corrected chi connectivity index (χ4v) is 1.78. The minimum atomic E-state index is 0.597. The van der Waals surface area contributed by atoms with Crippen LogP contribution >= 0.6 is 23.4 Å². The van der Waals surface area contributed by atoms with Gasteiger partial charge in [-0.2, -0.15) is 0 Å². The third-order valence-electron chi connectivity index (χ3n) is 1.99. The second-order valence-electron chi connectivity index (χ2n) is 2.98. The van der Waals surface area contributed by atoms with Crippen molar-refractivity contribution in [3.8, 4) is 0 Å². The Morgan fingerprint density at radius 3 is 2.93 bits per heavy atom. The zero-order chi connectivity index (χ0) is 10.7. The van der Waals surface area contributed by atoms with Gasteiger partial charge >= 0.3 is 0 Å². The Morgan fingerprint density at radius 1 is 1.47 bits per heavy atom. The standard InChI is InChI=1S/C10H10ClN3S/c1-15-10-12-6-14(7-13-10)9-4-2-3-8(11)5-9/h2-6H,7H2,1H3. The first kappa shape index (κ1) is 10.5. The van der Waals surface area contributed by atoms with Crippen LogP contribution < -0.4 is 4.90 Å². The predicted octanol–water partition coefficient (Wildman–Crippen LogP) is 2.86. The van der Waals surface area contributed by atoms with Crippen molar-refractivity contribution in [1.29, 1.82) is 0 Å². The largest absolute Gasteiger partial charge is 0.312 e. The highest BCUT2D eigenvalue weighted by molar-refractivity contribution is 8.13. The molecule has 0 atom stereocenters. The van der Waals surface area contributed by atoms with Crippen molar-refractivity contribution < 1.29 is 0 Å². The van der Waals surface area contributed by atoms with E-state index < -0.39 is 0 Å². The number of hydrogen-bond donors (Lipinski definition) is 0. The third-order valence-corrected chi connectivity index (χ3v) is 2.82. The lowest BCUT2D eigenvalue weighted by atomic mass is 10.3. The maximum Gasteiger partial charge on any atom is 0.185 e. The minimum absolute atomic E-state index is 0.597. The molecule has 78 valence electrons. The van der Waals surface area contributed by atoms with Crippen LogP contribution in [-0.2, 0) is 0 Å². The van der Waals surface area contributed by atoms with Crippen LogP contribution in [0.4, 0.5) is 5.69 Å². The zero-order valence-corrected chi connectivity index (χ0v) is 9.79. The smallest absolute Gasteiger partial charge is 0.185 e. The second kappa shape index (κ2) is 4.68. The molecule has 0 saturated heterocycles. The summed E-state index contributed by atoms with van der Waals surface area (Å²) < 4.78 is 0. The molecule has 0 spiro atoms. The van der Waals surface area contributed by atoms with Crippen molar-refractivity contribution in [3.05, 3.63) is 29.3 Å². The van der Waals surface area contributed by atoms with Crippen molar-refractivity contribution in [3.63, 3.8) is 0 Å². The van der Waals surface area contributed by atoms with Crippen molar-refractivity contribution in [1.82, 2.24) is 0 Å². The Bertz CT molecular complexity index is 417. The number of hydrogen-bond acceptors (Lipinski definition) is 4. The summed E-state index contributed by atoms with van der Waals surface area (Å²) in [4.78, 5) is 10.5. The molecule has 0 aromatic heterocycles. The first-order chi connectivity index (χ1) is 7.29. The number of benzene rings is 1. The molecule has 0 saturated carbocycles. The van der Waals surface area contributed by atoms with Gasteiger partial charge in [-0.3, -0.25) is 0 Å². The Hall–Kier alpha value is -1.00. The van der Waals surface area contributed by atoms with Crippen molar-refractivity contribution in [2.75, 3.05) is 17.8 Å². The van der Waals surface area contributed by atoms with E-state index in [1.165, 1.54) is 0 Å². The predicted molar refractivity (Wildman–Crippen MR) is 68.2 cm³/mol. The Kier molecular flexibility index (Phi) is 3.28. The molecule has 1 aliphatic heterocycles. The molecule has 0 fully saturated rings. The fraction of sp³-hybridized carbons (Fsp3) is 0.200. The fourth-order valence-electron chi connectivity index (χ4n) is 1.25. The van der Waals surface area contributed by atoms with Gasteiger partial charge in [0.05, 0.1) is 6.34 Å². The number of halogens is 1. The van der Waals surface area contributed by atoms with Crippen molar-refractivity contribution >= 4 is 40.6 Å². The van der Waals surface area contributed by atoms with Gasteiger partial charge < -0.3 is 4.90 Å². The highest BCUT2D eigenvalue weighted by Gasteiger charge is 2.08. The van der Waals surface area contributed by atoms with E-state index in [0.29, 0.717) is 6.67 Å². The van der Waals surface area contributed by atoms with E-state index in [9.17, 15) is 0 Å². The van der Waals surface area contributed by atoms with Crippen LogP contribution in [0.1, 0.15) is 0 Å². The molecule has 0 amide bonds. The monoisotopic (exact) mass is 239 g/mol. The van der Waals surface area contributed by atoms with E-state index in [1.807, 2.05) is 35.4 Å². The minimum Gasteiger partial charge on any atom is -0.312 e. The molecular weight excluding hydrogens is 230 g/mol. The molecule has 3 nitrogen and oxygen atoms in total. The van der Waals surface area contributed by atoms with Crippen LogP contribution in [0.5, 0.6) is 0 Å². The molecule has 0 unspecified atom stereocenters. The van der Waals surface area contributed by atoms with Crippen LogP contribution in [0, 0.1) is 0 Å². The third kappa shape index (κ3) is 2.52. The molecular formula is C10H10ClN3S. The summed E-state index contributed by atoms with van der Waals surface area (Å²) in [5, 5.41) is 1.54. The zero-order valence-electron chi connectivity index (χ0n) is 8.22. The topological polar surface area (TPSA) is 28.0 Å². The quantitative estimate of drug-likeness (QED) is 0.754. The molecule has 1 aromatic carbocycles. The van der Waals surface area contributed by atoms with Gasteiger partial charge in [0, 0.05) is 10.7 Å². The van der Waals surface area contributed by atoms with Gasteiger partial charge in [0.25, 0.3) is 0 Å². The Morgan fingerprint density at radius 2 is 2.33 bits per heavy atom. The summed E-state index contributed by atoms with van der Waals surface area (Å²) in [6, 6.07) is 7.65. The molecule has 5 heteroatoms. The molecule has 15 heavy (non-hydrogen) atoms. The van der Waals surface area contributed by atoms with E-state index >= 15 is 0 Å². The summed E-state index contributed by atoms with van der Waals surface area (Å²) >= 11 is 7.45. The molecule has 1 aromatic rings. The number of rotatable bonds is 1. The number of thioether (sulfide) groups is 1. The lowest BCUT2D eigenvalue weighted by molar-refractivity contribution is 1.01. The van der Waals surface area contributed by atoms with Crippen LogP contribution in [0.15, 0.2) is 34.3 Å². The lowest BCUT2D eigenvalue weighted by Crippen LogP contribution is -2.25. The van der Waals surface area contributed by atoms with Crippen LogP contribution in [-0.4, -0.2) is 24.4 Å². The van der Waals surface area contributed by atoms with Gasteiger partial charge in [-0.05, 0) is 24.5 Å². The number of anilines is 1. The van der Waals surface area contributed by atoms with E-state index in [4.69, 9.17) is 11.6 Å². The van der Waals surface area contributed by atoms with Gasteiger partial charge in [-0.1, -0.05) is 29.4 Å². The van der Waals surface area contributed by atoms with Crippen LogP contribution in [0.2, 0.25) is 5.02 Å². The molecule has 1 heterocycles. The molecule has 1 aliphatic rings. The van der Waals surface area contributed by atoms with Crippen molar-refractivity contribution in [2.24, 2.45) is 9.98 Å².